The lowest BCUT2D eigenvalue weighted by atomic mass is 9.80. The van der Waals surface area contributed by atoms with Gasteiger partial charge >= 0.3 is 0 Å². The van der Waals surface area contributed by atoms with Crippen LogP contribution < -0.4 is 5.32 Å². The van der Waals surface area contributed by atoms with Crippen LogP contribution in [0.15, 0.2) is 0 Å². The van der Waals surface area contributed by atoms with Crippen LogP contribution in [-0.4, -0.2) is 34.3 Å². The Hall–Kier alpha value is 0.270. The lowest BCUT2D eigenvalue weighted by Crippen LogP contribution is -2.44. The van der Waals surface area contributed by atoms with Gasteiger partial charge in [-0.2, -0.15) is 11.8 Å². The van der Waals surface area contributed by atoms with Crippen LogP contribution in [0, 0.1) is 0 Å². The van der Waals surface area contributed by atoms with E-state index in [1.807, 2.05) is 0 Å². The number of thioether (sulfide) groups is 1. The molecule has 0 aromatic heterocycles. The highest BCUT2D eigenvalue weighted by atomic mass is 32.2. The van der Waals surface area contributed by atoms with E-state index in [4.69, 9.17) is 0 Å². The number of nitrogens with one attached hydrogen (secondary N) is 1. The van der Waals surface area contributed by atoms with Gasteiger partial charge in [0.1, 0.15) is 0 Å². The Balaban J connectivity index is 1.73. The van der Waals surface area contributed by atoms with Gasteiger partial charge in [0.2, 0.25) is 0 Å². The minimum Gasteiger partial charge on any atom is -0.390 e. The minimum absolute atomic E-state index is 0.345. The topological polar surface area (TPSA) is 32.3 Å². The molecule has 3 heteroatoms. The Morgan fingerprint density at radius 2 is 2.00 bits per heavy atom. The van der Waals surface area contributed by atoms with Crippen molar-refractivity contribution in [2.24, 2.45) is 0 Å². The zero-order valence-electron chi connectivity index (χ0n) is 9.67. The van der Waals surface area contributed by atoms with Crippen molar-refractivity contribution >= 4 is 11.8 Å². The molecule has 1 heterocycles. The Labute approximate surface area is 97.2 Å². The summed E-state index contributed by atoms with van der Waals surface area (Å²) in [5, 5.41) is 13.9. The summed E-state index contributed by atoms with van der Waals surface area (Å²) in [6.07, 6.45) is 6.54. The zero-order valence-corrected chi connectivity index (χ0v) is 10.5. The fraction of sp³-hybridized carbons (Fsp3) is 1.00. The predicted molar refractivity (Wildman–Crippen MR) is 66.4 cm³/mol. The third kappa shape index (κ3) is 3.11. The molecule has 1 saturated carbocycles. The van der Waals surface area contributed by atoms with Gasteiger partial charge in [-0.1, -0.05) is 6.92 Å². The fourth-order valence-corrected chi connectivity index (χ4v) is 3.84. The van der Waals surface area contributed by atoms with Crippen LogP contribution in [0.5, 0.6) is 0 Å². The zero-order chi connectivity index (χ0) is 10.7. The average Bonchev–Trinajstić information content (AvgIpc) is 2.75. The normalized spacial score (nSPS) is 42.0. The molecule has 0 amide bonds. The molecule has 2 aliphatic rings. The Morgan fingerprint density at radius 3 is 2.53 bits per heavy atom. The summed E-state index contributed by atoms with van der Waals surface area (Å²) in [6, 6.07) is 1.41. The second-order valence-electron chi connectivity index (χ2n) is 5.08. The fourth-order valence-electron chi connectivity index (χ4n) is 2.67. The molecule has 0 spiro atoms. The van der Waals surface area contributed by atoms with Crippen molar-refractivity contribution in [3.8, 4) is 0 Å². The molecule has 1 aliphatic carbocycles. The highest BCUT2D eigenvalue weighted by Crippen LogP contribution is 2.31. The molecule has 0 aromatic rings. The van der Waals surface area contributed by atoms with Crippen LogP contribution in [0.2, 0.25) is 0 Å². The molecule has 2 N–H and O–H groups in total. The molecule has 1 atom stereocenters. The summed E-state index contributed by atoms with van der Waals surface area (Å²) >= 11 is 2.06. The number of hydrogen-bond donors (Lipinski definition) is 2. The summed E-state index contributed by atoms with van der Waals surface area (Å²) in [7, 11) is 0. The summed E-state index contributed by atoms with van der Waals surface area (Å²) in [4.78, 5) is 0. The van der Waals surface area contributed by atoms with E-state index in [0.717, 1.165) is 38.1 Å². The van der Waals surface area contributed by atoms with Gasteiger partial charge in [0, 0.05) is 17.8 Å². The standard InChI is InChI=1S/C12H23NOS/c1-2-12(14)6-3-10(4-7-12)13-11-5-8-15-9-11/h10-11,13-14H,2-9H2,1H3. The third-order valence-electron chi connectivity index (χ3n) is 3.98. The summed E-state index contributed by atoms with van der Waals surface area (Å²) in [6.45, 7) is 2.10. The van der Waals surface area contributed by atoms with E-state index in [1.165, 1.54) is 17.9 Å². The Bertz CT molecular complexity index is 196. The molecule has 88 valence electrons. The van der Waals surface area contributed by atoms with E-state index in [1.54, 1.807) is 0 Å². The van der Waals surface area contributed by atoms with Crippen LogP contribution in [0.4, 0.5) is 0 Å². The van der Waals surface area contributed by atoms with Crippen molar-refractivity contribution in [2.45, 2.75) is 63.1 Å². The van der Waals surface area contributed by atoms with Crippen LogP contribution in [-0.2, 0) is 0 Å². The monoisotopic (exact) mass is 229 g/mol. The molecule has 1 aliphatic heterocycles. The minimum atomic E-state index is -0.345. The molecular formula is C12H23NOS. The maximum absolute atomic E-state index is 10.1. The summed E-state index contributed by atoms with van der Waals surface area (Å²) < 4.78 is 0. The first kappa shape index (κ1) is 11.7. The van der Waals surface area contributed by atoms with E-state index >= 15 is 0 Å². The van der Waals surface area contributed by atoms with E-state index in [-0.39, 0.29) is 5.60 Å². The first-order valence-electron chi connectivity index (χ1n) is 6.28. The van der Waals surface area contributed by atoms with Crippen molar-refractivity contribution in [3.05, 3.63) is 0 Å². The SMILES string of the molecule is CCC1(O)CCC(NC2CCSC2)CC1. The quantitative estimate of drug-likeness (QED) is 0.778. The second-order valence-corrected chi connectivity index (χ2v) is 6.23. The van der Waals surface area contributed by atoms with E-state index < -0.39 is 0 Å². The Morgan fingerprint density at radius 1 is 1.27 bits per heavy atom. The molecule has 1 unspecified atom stereocenters. The lowest BCUT2D eigenvalue weighted by molar-refractivity contribution is -0.00754. The number of rotatable bonds is 3. The number of aliphatic hydroxyl groups is 1. The van der Waals surface area contributed by atoms with Gasteiger partial charge in [0.15, 0.2) is 0 Å². The van der Waals surface area contributed by atoms with E-state index in [9.17, 15) is 5.11 Å². The highest BCUT2D eigenvalue weighted by molar-refractivity contribution is 7.99. The molecule has 0 radical (unpaired) electrons. The predicted octanol–water partition coefficient (Wildman–Crippen LogP) is 2.17. The van der Waals surface area contributed by atoms with Gasteiger partial charge in [-0.05, 0) is 44.3 Å². The van der Waals surface area contributed by atoms with Crippen LogP contribution in [0.1, 0.15) is 45.4 Å². The Kier molecular flexibility index (Phi) is 3.97. The van der Waals surface area contributed by atoms with Crippen molar-refractivity contribution in [3.63, 3.8) is 0 Å². The van der Waals surface area contributed by atoms with Crippen molar-refractivity contribution in [1.82, 2.24) is 5.32 Å². The van der Waals surface area contributed by atoms with E-state index in [0.29, 0.717) is 6.04 Å². The molecule has 15 heavy (non-hydrogen) atoms. The molecule has 2 nitrogen and oxygen atoms in total. The average molecular weight is 229 g/mol. The molecule has 1 saturated heterocycles. The first-order valence-corrected chi connectivity index (χ1v) is 7.43. The van der Waals surface area contributed by atoms with Crippen LogP contribution in [0.25, 0.3) is 0 Å². The van der Waals surface area contributed by atoms with E-state index in [2.05, 4.69) is 24.0 Å². The van der Waals surface area contributed by atoms with Crippen molar-refractivity contribution in [2.75, 3.05) is 11.5 Å². The van der Waals surface area contributed by atoms with Crippen molar-refractivity contribution < 1.29 is 5.11 Å². The van der Waals surface area contributed by atoms with Gasteiger partial charge < -0.3 is 10.4 Å². The van der Waals surface area contributed by atoms with Gasteiger partial charge in [-0.15, -0.1) is 0 Å². The first-order chi connectivity index (χ1) is 7.22. The van der Waals surface area contributed by atoms with Gasteiger partial charge in [-0.25, -0.2) is 0 Å². The maximum atomic E-state index is 10.1. The summed E-state index contributed by atoms with van der Waals surface area (Å²) in [5.41, 5.74) is -0.345. The molecule has 0 bridgehead atoms. The molecule has 2 rings (SSSR count). The lowest BCUT2D eigenvalue weighted by Gasteiger charge is -2.36. The maximum Gasteiger partial charge on any atom is 0.0646 e. The molecule has 2 fully saturated rings. The number of hydrogen-bond acceptors (Lipinski definition) is 3. The summed E-state index contributed by atoms with van der Waals surface area (Å²) in [5.74, 6) is 2.61. The van der Waals surface area contributed by atoms with Gasteiger partial charge in [-0.3, -0.25) is 0 Å². The highest BCUT2D eigenvalue weighted by Gasteiger charge is 2.32. The van der Waals surface area contributed by atoms with Crippen molar-refractivity contribution in [1.29, 1.82) is 0 Å². The second kappa shape index (κ2) is 5.07. The third-order valence-corrected chi connectivity index (χ3v) is 5.14. The van der Waals surface area contributed by atoms with Crippen LogP contribution >= 0.6 is 11.8 Å². The van der Waals surface area contributed by atoms with Gasteiger partial charge in [0.25, 0.3) is 0 Å². The van der Waals surface area contributed by atoms with Crippen LogP contribution in [0.3, 0.4) is 0 Å². The largest absolute Gasteiger partial charge is 0.390 e. The smallest absolute Gasteiger partial charge is 0.0646 e. The molecular weight excluding hydrogens is 206 g/mol. The van der Waals surface area contributed by atoms with Gasteiger partial charge in [0.05, 0.1) is 5.60 Å². The molecule has 0 aromatic carbocycles.